The molecule has 5 heteroatoms. The molecule has 1 aliphatic heterocycles. The maximum Gasteiger partial charge on any atom is 0.245 e. The Kier molecular flexibility index (Phi) is 3.87. The van der Waals surface area contributed by atoms with Crippen molar-refractivity contribution in [3.63, 3.8) is 0 Å². The highest BCUT2D eigenvalue weighted by atomic mass is 15.4. The van der Waals surface area contributed by atoms with Crippen molar-refractivity contribution in [3.8, 4) is 0 Å². The lowest BCUT2D eigenvalue weighted by Gasteiger charge is -2.32. The monoisotopic (exact) mass is 273 g/mol. The van der Waals surface area contributed by atoms with Crippen LogP contribution >= 0.6 is 0 Å². The second kappa shape index (κ2) is 5.79. The molecule has 1 atom stereocenters. The fourth-order valence-corrected chi connectivity index (χ4v) is 2.82. The summed E-state index contributed by atoms with van der Waals surface area (Å²) in [5.74, 6) is 1.54. The summed E-state index contributed by atoms with van der Waals surface area (Å²) in [7, 11) is 0. The molecular formula is C15H23N5. The number of aromatic nitrogens is 3. The smallest absolute Gasteiger partial charge is 0.245 e. The molecule has 108 valence electrons. The van der Waals surface area contributed by atoms with Crippen molar-refractivity contribution < 1.29 is 0 Å². The van der Waals surface area contributed by atoms with E-state index in [4.69, 9.17) is 0 Å². The van der Waals surface area contributed by atoms with E-state index >= 15 is 0 Å². The fourth-order valence-electron chi connectivity index (χ4n) is 2.82. The van der Waals surface area contributed by atoms with Crippen LogP contribution in [0.1, 0.15) is 26.7 Å². The van der Waals surface area contributed by atoms with Crippen LogP contribution in [0.15, 0.2) is 24.4 Å². The van der Waals surface area contributed by atoms with Crippen LogP contribution in [0.3, 0.4) is 0 Å². The van der Waals surface area contributed by atoms with E-state index in [1.807, 2.05) is 28.9 Å². The average molecular weight is 273 g/mol. The predicted molar refractivity (Wildman–Crippen MR) is 81.1 cm³/mol. The standard InChI is InChI=1S/C15H23N5/c1-12(2)19(11-13-6-5-8-16-10-13)15-17-14-7-3-4-9-20(14)18-15/h3-4,7,9,12-13,16H,5-6,8,10-11H2,1-2H3. The van der Waals surface area contributed by atoms with Gasteiger partial charge in [0.05, 0.1) is 0 Å². The largest absolute Gasteiger partial charge is 0.337 e. The molecule has 0 amide bonds. The fraction of sp³-hybridized carbons (Fsp3) is 0.600. The van der Waals surface area contributed by atoms with E-state index in [1.54, 1.807) is 0 Å². The number of piperidine rings is 1. The molecule has 2 aromatic heterocycles. The van der Waals surface area contributed by atoms with Gasteiger partial charge >= 0.3 is 0 Å². The molecule has 5 nitrogen and oxygen atoms in total. The molecule has 1 saturated heterocycles. The van der Waals surface area contributed by atoms with Gasteiger partial charge in [-0.25, -0.2) is 4.52 Å². The number of anilines is 1. The maximum absolute atomic E-state index is 4.66. The van der Waals surface area contributed by atoms with E-state index in [-0.39, 0.29) is 0 Å². The lowest BCUT2D eigenvalue weighted by molar-refractivity contribution is 0.369. The maximum atomic E-state index is 4.66. The van der Waals surface area contributed by atoms with Gasteiger partial charge in [0.2, 0.25) is 5.95 Å². The van der Waals surface area contributed by atoms with Crippen LogP contribution in [-0.4, -0.2) is 40.3 Å². The van der Waals surface area contributed by atoms with E-state index in [0.717, 1.165) is 31.2 Å². The summed E-state index contributed by atoms with van der Waals surface area (Å²) in [4.78, 5) is 6.98. The molecule has 1 unspecified atom stereocenters. The molecule has 3 rings (SSSR count). The highest BCUT2D eigenvalue weighted by molar-refractivity contribution is 5.44. The number of nitrogens with zero attached hydrogens (tertiary/aromatic N) is 4. The number of fused-ring (bicyclic) bond motifs is 1. The van der Waals surface area contributed by atoms with Crippen molar-refractivity contribution in [2.45, 2.75) is 32.7 Å². The first kappa shape index (κ1) is 13.4. The van der Waals surface area contributed by atoms with Crippen LogP contribution < -0.4 is 10.2 Å². The predicted octanol–water partition coefficient (Wildman–Crippen LogP) is 1.94. The topological polar surface area (TPSA) is 45.5 Å². The lowest BCUT2D eigenvalue weighted by atomic mass is 9.99. The molecule has 20 heavy (non-hydrogen) atoms. The average Bonchev–Trinajstić information content (AvgIpc) is 2.89. The second-order valence-electron chi connectivity index (χ2n) is 5.87. The van der Waals surface area contributed by atoms with Crippen molar-refractivity contribution in [2.24, 2.45) is 5.92 Å². The van der Waals surface area contributed by atoms with Gasteiger partial charge in [-0.15, -0.1) is 5.10 Å². The molecule has 0 aromatic carbocycles. The van der Waals surface area contributed by atoms with Crippen LogP contribution in [0.4, 0.5) is 5.95 Å². The van der Waals surface area contributed by atoms with Crippen LogP contribution in [0.5, 0.6) is 0 Å². The zero-order valence-corrected chi connectivity index (χ0v) is 12.3. The molecule has 1 N–H and O–H groups in total. The first-order valence-corrected chi connectivity index (χ1v) is 7.53. The van der Waals surface area contributed by atoms with Crippen molar-refractivity contribution >= 4 is 11.6 Å². The molecule has 0 radical (unpaired) electrons. The van der Waals surface area contributed by atoms with Crippen molar-refractivity contribution in [1.29, 1.82) is 0 Å². The van der Waals surface area contributed by atoms with Gasteiger partial charge in [0.25, 0.3) is 0 Å². The third-order valence-electron chi connectivity index (χ3n) is 3.96. The minimum Gasteiger partial charge on any atom is -0.337 e. The second-order valence-corrected chi connectivity index (χ2v) is 5.87. The van der Waals surface area contributed by atoms with E-state index in [9.17, 15) is 0 Å². The van der Waals surface area contributed by atoms with Gasteiger partial charge in [-0.2, -0.15) is 4.98 Å². The van der Waals surface area contributed by atoms with E-state index in [1.165, 1.54) is 12.8 Å². The molecule has 0 saturated carbocycles. The molecule has 0 bridgehead atoms. The summed E-state index contributed by atoms with van der Waals surface area (Å²) in [6.07, 6.45) is 4.52. The van der Waals surface area contributed by atoms with Crippen LogP contribution in [-0.2, 0) is 0 Å². The summed E-state index contributed by atoms with van der Waals surface area (Å²) in [6.45, 7) is 7.72. The first-order valence-electron chi connectivity index (χ1n) is 7.53. The minimum atomic E-state index is 0.411. The molecule has 3 heterocycles. The molecule has 0 aliphatic carbocycles. The Balaban J connectivity index is 1.81. The van der Waals surface area contributed by atoms with Crippen LogP contribution in [0.2, 0.25) is 0 Å². The van der Waals surface area contributed by atoms with E-state index in [0.29, 0.717) is 12.0 Å². The number of nitrogens with one attached hydrogen (secondary N) is 1. The van der Waals surface area contributed by atoms with Gasteiger partial charge in [-0.1, -0.05) is 6.07 Å². The Labute approximate surface area is 120 Å². The van der Waals surface area contributed by atoms with Gasteiger partial charge in [0, 0.05) is 18.8 Å². The van der Waals surface area contributed by atoms with Crippen molar-refractivity contribution in [3.05, 3.63) is 24.4 Å². The highest BCUT2D eigenvalue weighted by Crippen LogP contribution is 2.19. The quantitative estimate of drug-likeness (QED) is 0.925. The first-order chi connectivity index (χ1) is 9.74. The Morgan fingerprint density at radius 2 is 2.35 bits per heavy atom. The Morgan fingerprint density at radius 1 is 1.45 bits per heavy atom. The number of hydrogen-bond acceptors (Lipinski definition) is 4. The van der Waals surface area contributed by atoms with Gasteiger partial charge in [0.15, 0.2) is 5.65 Å². The number of rotatable bonds is 4. The van der Waals surface area contributed by atoms with E-state index in [2.05, 4.69) is 34.1 Å². The molecule has 1 fully saturated rings. The highest BCUT2D eigenvalue weighted by Gasteiger charge is 2.22. The van der Waals surface area contributed by atoms with Crippen molar-refractivity contribution in [2.75, 3.05) is 24.5 Å². The summed E-state index contributed by atoms with van der Waals surface area (Å²) in [6, 6.07) is 6.39. The van der Waals surface area contributed by atoms with Gasteiger partial charge in [-0.05, 0) is 57.8 Å². The molecule has 2 aromatic rings. The van der Waals surface area contributed by atoms with Gasteiger partial charge < -0.3 is 10.2 Å². The lowest BCUT2D eigenvalue weighted by Crippen LogP contribution is -2.41. The Hall–Kier alpha value is -1.62. The van der Waals surface area contributed by atoms with Gasteiger partial charge in [0.1, 0.15) is 0 Å². The third kappa shape index (κ3) is 2.77. The summed E-state index contributed by atoms with van der Waals surface area (Å²) >= 11 is 0. The molecular weight excluding hydrogens is 250 g/mol. The summed E-state index contributed by atoms with van der Waals surface area (Å²) < 4.78 is 1.85. The summed E-state index contributed by atoms with van der Waals surface area (Å²) in [5, 5.41) is 8.10. The number of pyridine rings is 1. The Morgan fingerprint density at radius 3 is 3.05 bits per heavy atom. The molecule has 1 aliphatic rings. The van der Waals surface area contributed by atoms with E-state index < -0.39 is 0 Å². The summed E-state index contributed by atoms with van der Waals surface area (Å²) in [5.41, 5.74) is 0.912. The SMILES string of the molecule is CC(C)N(CC1CCCNC1)c1nc2ccccn2n1. The van der Waals surface area contributed by atoms with Gasteiger partial charge in [-0.3, -0.25) is 0 Å². The van der Waals surface area contributed by atoms with Crippen LogP contribution in [0.25, 0.3) is 5.65 Å². The zero-order chi connectivity index (χ0) is 13.9. The number of hydrogen-bond donors (Lipinski definition) is 1. The normalized spacial score (nSPS) is 19.6. The minimum absolute atomic E-state index is 0.411. The molecule has 0 spiro atoms. The third-order valence-corrected chi connectivity index (χ3v) is 3.96. The van der Waals surface area contributed by atoms with Crippen molar-refractivity contribution in [1.82, 2.24) is 19.9 Å². The van der Waals surface area contributed by atoms with Crippen LogP contribution in [0, 0.1) is 5.92 Å². The Bertz CT molecular complexity index is 523. The zero-order valence-electron chi connectivity index (χ0n) is 12.3.